The molecule has 0 unspecified atom stereocenters. The van der Waals surface area contributed by atoms with Gasteiger partial charge in [-0.05, 0) is 113 Å². The molecule has 0 N–H and O–H groups in total. The summed E-state index contributed by atoms with van der Waals surface area (Å²) in [5.41, 5.74) is 17.2. The Morgan fingerprint density at radius 3 is 1.61 bits per heavy atom. The van der Waals surface area contributed by atoms with Gasteiger partial charge in [0, 0.05) is 49.9 Å². The minimum Gasteiger partial charge on any atom is -0.308 e. The van der Waals surface area contributed by atoms with Crippen LogP contribution in [0, 0.1) is 0 Å². The Bertz CT molecular complexity index is 4240. The lowest BCUT2D eigenvalue weighted by atomic mass is 10.0. The molecule has 0 saturated carbocycles. The SMILES string of the molecule is c1ccc(-c2cc(-c3ccccc3)nc(-n3c4ccccc4c4ccc(-c5ccc6c(c5)c5ccccc5n6-c5cccc(-c6ccc7c(c6)c6ncccc6n7-c6ccccc6)n5)cc43)c2)cc1. The largest absolute Gasteiger partial charge is 0.308 e. The smallest absolute Gasteiger partial charge is 0.138 e. The number of aromatic nitrogens is 6. The van der Waals surface area contributed by atoms with Gasteiger partial charge in [-0.3, -0.25) is 14.1 Å². The molecular formula is C63H40N6. The second kappa shape index (κ2) is 15.6. The zero-order chi connectivity index (χ0) is 45.4. The standard InChI is InChI=1S/C63H40N6/c1-4-16-41(17-5-1)46-38-54(42-18-6-2-7-19-42)66-62(40-46)69-55-25-12-10-22-48(55)50-32-29-44(39-60(50)69)43-30-33-57-51(36-43)49-23-11-13-26-56(49)68(57)61-28-14-24-53(65-61)45-31-34-58-52(37-45)63-59(27-15-35-64-63)67(58)47-20-8-3-9-21-47/h1-40H. The molecule has 0 amide bonds. The molecule has 0 aliphatic heterocycles. The van der Waals surface area contributed by atoms with Crippen LogP contribution in [0.3, 0.4) is 0 Å². The van der Waals surface area contributed by atoms with E-state index in [1.54, 1.807) is 0 Å². The first kappa shape index (κ1) is 38.8. The van der Waals surface area contributed by atoms with Gasteiger partial charge in [0.1, 0.15) is 11.6 Å². The van der Waals surface area contributed by atoms with Crippen LogP contribution in [0.5, 0.6) is 0 Å². The highest BCUT2D eigenvalue weighted by Crippen LogP contribution is 2.40. The van der Waals surface area contributed by atoms with Gasteiger partial charge in [-0.2, -0.15) is 0 Å². The third kappa shape index (κ3) is 6.30. The van der Waals surface area contributed by atoms with E-state index in [1.807, 2.05) is 12.3 Å². The average molecular weight is 881 g/mol. The zero-order valence-corrected chi connectivity index (χ0v) is 37.3. The second-order valence-corrected chi connectivity index (χ2v) is 17.7. The molecule has 14 rings (SSSR count). The van der Waals surface area contributed by atoms with Crippen molar-refractivity contribution in [2.24, 2.45) is 0 Å². The van der Waals surface area contributed by atoms with Crippen molar-refractivity contribution in [1.29, 1.82) is 0 Å². The molecule has 322 valence electrons. The molecule has 0 radical (unpaired) electrons. The van der Waals surface area contributed by atoms with Crippen LogP contribution in [-0.4, -0.2) is 28.7 Å². The van der Waals surface area contributed by atoms with Crippen molar-refractivity contribution in [3.05, 3.63) is 243 Å². The first-order valence-electron chi connectivity index (χ1n) is 23.3. The topological polar surface area (TPSA) is 53.5 Å². The van der Waals surface area contributed by atoms with Crippen molar-refractivity contribution in [1.82, 2.24) is 28.7 Å². The van der Waals surface area contributed by atoms with Gasteiger partial charge in [-0.25, -0.2) is 9.97 Å². The Balaban J connectivity index is 0.900. The number of hydrogen-bond acceptors (Lipinski definition) is 3. The third-order valence-electron chi connectivity index (χ3n) is 13.7. The summed E-state index contributed by atoms with van der Waals surface area (Å²) in [6.07, 6.45) is 1.87. The van der Waals surface area contributed by atoms with Crippen molar-refractivity contribution in [2.45, 2.75) is 0 Å². The Morgan fingerprint density at radius 2 is 0.826 bits per heavy atom. The molecule has 0 saturated heterocycles. The summed E-state index contributed by atoms with van der Waals surface area (Å²) in [6.45, 7) is 0. The van der Waals surface area contributed by atoms with E-state index in [0.29, 0.717) is 0 Å². The van der Waals surface area contributed by atoms with Crippen LogP contribution in [0.4, 0.5) is 0 Å². The lowest BCUT2D eigenvalue weighted by Crippen LogP contribution is -2.00. The van der Waals surface area contributed by atoms with Gasteiger partial charge >= 0.3 is 0 Å². The first-order valence-corrected chi connectivity index (χ1v) is 23.3. The molecule has 0 aliphatic carbocycles. The maximum atomic E-state index is 5.39. The molecular weight excluding hydrogens is 841 g/mol. The predicted molar refractivity (Wildman–Crippen MR) is 285 cm³/mol. The van der Waals surface area contributed by atoms with Crippen LogP contribution in [0.25, 0.3) is 128 Å². The van der Waals surface area contributed by atoms with Crippen LogP contribution in [0.1, 0.15) is 0 Å². The average Bonchev–Trinajstić information content (AvgIpc) is 4.06. The van der Waals surface area contributed by atoms with Crippen LogP contribution in [0.2, 0.25) is 0 Å². The van der Waals surface area contributed by atoms with Crippen LogP contribution >= 0.6 is 0 Å². The molecule has 0 bridgehead atoms. The van der Waals surface area contributed by atoms with E-state index in [9.17, 15) is 0 Å². The summed E-state index contributed by atoms with van der Waals surface area (Å²) in [5.74, 6) is 1.74. The number of nitrogens with zero attached hydrogens (tertiary/aromatic N) is 6. The Hall–Kier alpha value is -9.39. The minimum atomic E-state index is 0.863. The molecule has 6 nitrogen and oxygen atoms in total. The van der Waals surface area contributed by atoms with Crippen molar-refractivity contribution in [2.75, 3.05) is 0 Å². The Kier molecular flexibility index (Phi) is 8.79. The molecule has 0 fully saturated rings. The van der Waals surface area contributed by atoms with E-state index in [1.165, 1.54) is 21.5 Å². The molecule has 0 atom stereocenters. The van der Waals surface area contributed by atoms with Crippen molar-refractivity contribution in [3.8, 4) is 62.1 Å². The number of pyridine rings is 3. The van der Waals surface area contributed by atoms with E-state index in [-0.39, 0.29) is 0 Å². The summed E-state index contributed by atoms with van der Waals surface area (Å²) in [4.78, 5) is 15.7. The van der Waals surface area contributed by atoms with E-state index in [2.05, 4.69) is 244 Å². The summed E-state index contributed by atoms with van der Waals surface area (Å²) >= 11 is 0. The fourth-order valence-corrected chi connectivity index (χ4v) is 10.5. The molecule has 0 spiro atoms. The van der Waals surface area contributed by atoms with Gasteiger partial charge in [0.25, 0.3) is 0 Å². The van der Waals surface area contributed by atoms with E-state index < -0.39 is 0 Å². The van der Waals surface area contributed by atoms with E-state index >= 15 is 0 Å². The molecule has 6 heterocycles. The van der Waals surface area contributed by atoms with Gasteiger partial charge < -0.3 is 4.57 Å². The Labute approximate surface area is 397 Å². The molecule has 14 aromatic rings. The van der Waals surface area contributed by atoms with Gasteiger partial charge in [-0.15, -0.1) is 0 Å². The fourth-order valence-electron chi connectivity index (χ4n) is 10.5. The number of benzene rings is 8. The van der Waals surface area contributed by atoms with Gasteiger partial charge in [0.15, 0.2) is 0 Å². The van der Waals surface area contributed by atoms with E-state index in [0.717, 1.165) is 106 Å². The zero-order valence-electron chi connectivity index (χ0n) is 37.3. The third-order valence-corrected chi connectivity index (χ3v) is 13.7. The molecule has 6 heteroatoms. The lowest BCUT2D eigenvalue weighted by Gasteiger charge is -2.13. The maximum Gasteiger partial charge on any atom is 0.138 e. The highest BCUT2D eigenvalue weighted by atomic mass is 15.1. The van der Waals surface area contributed by atoms with Crippen LogP contribution < -0.4 is 0 Å². The quantitative estimate of drug-likeness (QED) is 0.160. The monoisotopic (exact) mass is 880 g/mol. The van der Waals surface area contributed by atoms with Crippen LogP contribution in [0.15, 0.2) is 243 Å². The summed E-state index contributed by atoms with van der Waals surface area (Å²) < 4.78 is 6.93. The van der Waals surface area contributed by atoms with Gasteiger partial charge in [0.2, 0.25) is 0 Å². The molecule has 69 heavy (non-hydrogen) atoms. The maximum absolute atomic E-state index is 5.39. The summed E-state index contributed by atoms with van der Waals surface area (Å²) in [7, 11) is 0. The minimum absolute atomic E-state index is 0.863. The van der Waals surface area contributed by atoms with Gasteiger partial charge in [-0.1, -0.05) is 146 Å². The van der Waals surface area contributed by atoms with E-state index in [4.69, 9.17) is 15.0 Å². The lowest BCUT2D eigenvalue weighted by molar-refractivity contribution is 1.08. The molecule has 6 aromatic heterocycles. The predicted octanol–water partition coefficient (Wildman–Crippen LogP) is 15.8. The number of hydrogen-bond donors (Lipinski definition) is 0. The van der Waals surface area contributed by atoms with Crippen LogP contribution in [-0.2, 0) is 0 Å². The molecule has 0 aliphatic rings. The number of para-hydroxylation sites is 3. The van der Waals surface area contributed by atoms with Crippen molar-refractivity contribution < 1.29 is 0 Å². The number of fused-ring (bicyclic) bond motifs is 9. The summed E-state index contributed by atoms with van der Waals surface area (Å²) in [6, 6.07) is 84.1. The highest BCUT2D eigenvalue weighted by molar-refractivity contribution is 6.13. The normalized spacial score (nSPS) is 11.8. The number of rotatable bonds is 7. The molecule has 8 aromatic carbocycles. The highest BCUT2D eigenvalue weighted by Gasteiger charge is 2.20. The Morgan fingerprint density at radius 1 is 0.261 bits per heavy atom. The van der Waals surface area contributed by atoms with Crippen molar-refractivity contribution in [3.63, 3.8) is 0 Å². The fraction of sp³-hybridized carbons (Fsp3) is 0. The van der Waals surface area contributed by atoms with Gasteiger partial charge in [0.05, 0.1) is 50.0 Å². The first-order chi connectivity index (χ1) is 34.2. The van der Waals surface area contributed by atoms with Crippen molar-refractivity contribution >= 4 is 65.5 Å². The summed E-state index contributed by atoms with van der Waals surface area (Å²) in [5, 5.41) is 5.81. The second-order valence-electron chi connectivity index (χ2n) is 17.7.